The van der Waals surface area contributed by atoms with Crippen molar-refractivity contribution in [3.63, 3.8) is 0 Å². The maximum absolute atomic E-state index is 13.1. The van der Waals surface area contributed by atoms with Crippen LogP contribution in [0.4, 0.5) is 13.2 Å². The zero-order valence-corrected chi connectivity index (χ0v) is 8.96. The first-order valence-corrected chi connectivity index (χ1v) is 4.98. The molecule has 4 heteroatoms. The van der Waals surface area contributed by atoms with Gasteiger partial charge in [-0.25, -0.2) is 0 Å². The van der Waals surface area contributed by atoms with Crippen molar-refractivity contribution >= 4 is 0 Å². The molecule has 1 nitrogen and oxygen atoms in total. The number of hydrogen-bond donors (Lipinski definition) is 1. The number of nitrogens with one attached hydrogen (secondary N) is 1. The van der Waals surface area contributed by atoms with Crippen LogP contribution in [0.25, 0.3) is 0 Å². The van der Waals surface area contributed by atoms with Gasteiger partial charge in [-0.05, 0) is 31.3 Å². The third kappa shape index (κ3) is 1.76. The molecule has 14 heavy (non-hydrogen) atoms. The maximum Gasteiger partial charge on any atom is 0.395 e. The van der Waals surface area contributed by atoms with Gasteiger partial charge in [-0.2, -0.15) is 13.2 Å². The molecule has 0 aromatic carbocycles. The Morgan fingerprint density at radius 3 is 1.64 bits per heavy atom. The summed E-state index contributed by atoms with van der Waals surface area (Å²) in [5.41, 5.74) is -2.22. The highest BCUT2D eigenvalue weighted by atomic mass is 19.4. The highest BCUT2D eigenvalue weighted by molar-refractivity contribution is 4.98. The molecule has 0 atom stereocenters. The molecule has 84 valence electrons. The van der Waals surface area contributed by atoms with Crippen LogP contribution in [0.15, 0.2) is 0 Å². The van der Waals surface area contributed by atoms with Crippen LogP contribution in [0.3, 0.4) is 0 Å². The van der Waals surface area contributed by atoms with Crippen molar-refractivity contribution in [3.05, 3.63) is 0 Å². The van der Waals surface area contributed by atoms with Crippen LogP contribution < -0.4 is 5.32 Å². The second-order valence-electron chi connectivity index (χ2n) is 5.08. The molecule has 1 saturated heterocycles. The smallest absolute Gasteiger partial charge is 0.317 e. The van der Waals surface area contributed by atoms with Crippen molar-refractivity contribution in [3.8, 4) is 0 Å². The van der Waals surface area contributed by atoms with E-state index in [1.54, 1.807) is 20.8 Å². The van der Waals surface area contributed by atoms with Gasteiger partial charge in [0.2, 0.25) is 0 Å². The van der Waals surface area contributed by atoms with Gasteiger partial charge in [0.05, 0.1) is 5.41 Å². The van der Waals surface area contributed by atoms with Crippen LogP contribution in [0.5, 0.6) is 0 Å². The summed E-state index contributed by atoms with van der Waals surface area (Å²) >= 11 is 0. The molecule has 0 aromatic heterocycles. The number of alkyl halides is 3. The molecule has 0 aromatic rings. The van der Waals surface area contributed by atoms with Gasteiger partial charge in [-0.15, -0.1) is 0 Å². The second-order valence-corrected chi connectivity index (χ2v) is 5.08. The number of piperidine rings is 1. The summed E-state index contributed by atoms with van der Waals surface area (Å²) in [6, 6.07) is 0. The summed E-state index contributed by atoms with van der Waals surface area (Å²) in [6.07, 6.45) is -3.70. The van der Waals surface area contributed by atoms with Crippen molar-refractivity contribution in [2.75, 3.05) is 13.1 Å². The normalized spacial score (nSPS) is 23.6. The van der Waals surface area contributed by atoms with E-state index in [1.165, 1.54) is 0 Å². The fourth-order valence-electron chi connectivity index (χ4n) is 2.31. The Kier molecular flexibility index (Phi) is 2.87. The van der Waals surface area contributed by atoms with Crippen LogP contribution in [0.1, 0.15) is 33.6 Å². The molecule has 1 fully saturated rings. The lowest BCUT2D eigenvalue weighted by atomic mass is 9.61. The molecule has 1 N–H and O–H groups in total. The zero-order chi connectivity index (χ0) is 11.0. The topological polar surface area (TPSA) is 12.0 Å². The van der Waals surface area contributed by atoms with Crippen molar-refractivity contribution in [2.45, 2.75) is 39.8 Å². The molecule has 0 radical (unpaired) electrons. The van der Waals surface area contributed by atoms with Gasteiger partial charge in [0.15, 0.2) is 0 Å². The highest BCUT2D eigenvalue weighted by Gasteiger charge is 2.60. The minimum Gasteiger partial charge on any atom is -0.317 e. The minimum absolute atomic E-state index is 0.194. The van der Waals surface area contributed by atoms with Crippen LogP contribution in [0, 0.1) is 10.8 Å². The van der Waals surface area contributed by atoms with Crippen LogP contribution in [0.2, 0.25) is 0 Å². The van der Waals surface area contributed by atoms with Gasteiger partial charge in [0.25, 0.3) is 0 Å². The van der Waals surface area contributed by atoms with Gasteiger partial charge in [0, 0.05) is 0 Å². The summed E-state index contributed by atoms with van der Waals surface area (Å²) in [7, 11) is 0. The molecule has 0 bridgehead atoms. The molecular weight excluding hydrogens is 191 g/mol. The SMILES string of the molecule is CC(C)(C)C1(C(F)(F)F)CCNCC1. The first-order valence-electron chi connectivity index (χ1n) is 4.98. The van der Waals surface area contributed by atoms with Gasteiger partial charge < -0.3 is 5.32 Å². The largest absolute Gasteiger partial charge is 0.395 e. The Balaban J connectivity index is 3.01. The molecule has 1 heterocycles. The van der Waals surface area contributed by atoms with E-state index >= 15 is 0 Å². The van der Waals surface area contributed by atoms with Crippen molar-refractivity contribution < 1.29 is 13.2 Å². The Bertz CT molecular complexity index is 180. The average Bonchev–Trinajstić information content (AvgIpc) is 2.02. The summed E-state index contributed by atoms with van der Waals surface area (Å²) in [5, 5.41) is 2.98. The lowest BCUT2D eigenvalue weighted by molar-refractivity contribution is -0.266. The monoisotopic (exact) mass is 209 g/mol. The van der Waals surface area contributed by atoms with Crippen molar-refractivity contribution in [2.24, 2.45) is 10.8 Å². The predicted octanol–water partition coefficient (Wildman–Crippen LogP) is 2.96. The van der Waals surface area contributed by atoms with E-state index in [0.717, 1.165) is 0 Å². The third-order valence-electron chi connectivity index (χ3n) is 3.44. The third-order valence-corrected chi connectivity index (χ3v) is 3.44. The van der Waals surface area contributed by atoms with E-state index in [1.807, 2.05) is 0 Å². The quantitative estimate of drug-likeness (QED) is 0.646. The van der Waals surface area contributed by atoms with Gasteiger partial charge in [-0.3, -0.25) is 0 Å². The molecule has 1 aliphatic rings. The summed E-state index contributed by atoms with van der Waals surface area (Å²) in [5.74, 6) is 0. The lowest BCUT2D eigenvalue weighted by Gasteiger charge is -2.48. The van der Waals surface area contributed by atoms with E-state index in [0.29, 0.717) is 13.1 Å². The maximum atomic E-state index is 13.1. The Morgan fingerprint density at radius 1 is 1.00 bits per heavy atom. The van der Waals surface area contributed by atoms with Crippen LogP contribution in [-0.4, -0.2) is 19.3 Å². The predicted molar refractivity (Wildman–Crippen MR) is 50.0 cm³/mol. The number of hydrogen-bond acceptors (Lipinski definition) is 1. The average molecular weight is 209 g/mol. The number of halogens is 3. The molecule has 0 saturated carbocycles. The summed E-state index contributed by atoms with van der Waals surface area (Å²) in [6.45, 7) is 6.00. The molecule has 0 amide bonds. The summed E-state index contributed by atoms with van der Waals surface area (Å²) < 4.78 is 39.2. The molecule has 0 spiro atoms. The van der Waals surface area contributed by atoms with E-state index in [9.17, 15) is 13.2 Å². The van der Waals surface area contributed by atoms with Crippen LogP contribution >= 0.6 is 0 Å². The Morgan fingerprint density at radius 2 is 1.43 bits per heavy atom. The standard InChI is InChI=1S/C10H18F3N/c1-8(2,3)9(10(11,12)13)4-6-14-7-5-9/h14H,4-7H2,1-3H3. The molecule has 1 aliphatic heterocycles. The zero-order valence-electron chi connectivity index (χ0n) is 8.96. The van der Waals surface area contributed by atoms with E-state index in [-0.39, 0.29) is 12.8 Å². The first-order chi connectivity index (χ1) is 6.21. The summed E-state index contributed by atoms with van der Waals surface area (Å²) in [4.78, 5) is 0. The molecular formula is C10H18F3N. The second kappa shape index (κ2) is 3.40. The first kappa shape index (κ1) is 11.8. The van der Waals surface area contributed by atoms with Crippen LogP contribution in [-0.2, 0) is 0 Å². The lowest BCUT2D eigenvalue weighted by Crippen LogP contribution is -2.53. The van der Waals surface area contributed by atoms with Crippen molar-refractivity contribution in [1.82, 2.24) is 5.32 Å². The molecule has 0 unspecified atom stereocenters. The molecule has 0 aliphatic carbocycles. The fourth-order valence-corrected chi connectivity index (χ4v) is 2.31. The van der Waals surface area contributed by atoms with Gasteiger partial charge in [-0.1, -0.05) is 20.8 Å². The van der Waals surface area contributed by atoms with E-state index < -0.39 is 17.0 Å². The Labute approximate surface area is 83.1 Å². The fraction of sp³-hybridized carbons (Fsp3) is 1.00. The van der Waals surface area contributed by atoms with Gasteiger partial charge >= 0.3 is 6.18 Å². The minimum atomic E-state index is -4.09. The molecule has 1 rings (SSSR count). The van der Waals surface area contributed by atoms with Crippen molar-refractivity contribution in [1.29, 1.82) is 0 Å². The van der Waals surface area contributed by atoms with E-state index in [4.69, 9.17) is 0 Å². The highest BCUT2D eigenvalue weighted by Crippen LogP contribution is 2.56. The van der Waals surface area contributed by atoms with E-state index in [2.05, 4.69) is 5.32 Å². The Hall–Kier alpha value is -0.250. The number of rotatable bonds is 0. The van der Waals surface area contributed by atoms with Gasteiger partial charge in [0.1, 0.15) is 0 Å².